The van der Waals surface area contributed by atoms with Crippen LogP contribution in [0.15, 0.2) is 12.7 Å². The fourth-order valence-electron chi connectivity index (χ4n) is 1.57. The van der Waals surface area contributed by atoms with Crippen LogP contribution in [0.1, 0.15) is 20.3 Å². The topological polar surface area (TPSA) is 55.1 Å². The van der Waals surface area contributed by atoms with Crippen molar-refractivity contribution in [1.29, 1.82) is 0 Å². The summed E-state index contributed by atoms with van der Waals surface area (Å²) in [4.78, 5) is 10.8. The van der Waals surface area contributed by atoms with Gasteiger partial charge in [0.05, 0.1) is 6.04 Å². The molecule has 3 heteroatoms. The van der Waals surface area contributed by atoms with Gasteiger partial charge in [0.1, 0.15) is 6.04 Å². The van der Waals surface area contributed by atoms with Crippen LogP contribution in [-0.4, -0.2) is 18.0 Å². The van der Waals surface area contributed by atoms with Gasteiger partial charge in [0, 0.05) is 0 Å². The number of hydrogen-bond donors (Lipinski definition) is 2. The van der Waals surface area contributed by atoms with Gasteiger partial charge in [0.15, 0.2) is 0 Å². The number of nitrogens with one attached hydrogen (secondary N) is 1. The molecule has 0 aliphatic carbocycles. The Hall–Kier alpha value is -0.830. The van der Waals surface area contributed by atoms with Crippen LogP contribution in [0.2, 0.25) is 0 Å². The highest BCUT2D eigenvalue weighted by Gasteiger charge is 2.44. The minimum atomic E-state index is -0.333. The van der Waals surface area contributed by atoms with Gasteiger partial charge in [-0.25, -0.2) is 0 Å². The molecule has 1 fully saturated rings. The van der Waals surface area contributed by atoms with E-state index in [2.05, 4.69) is 25.7 Å². The van der Waals surface area contributed by atoms with Gasteiger partial charge in [0.2, 0.25) is 5.91 Å². The van der Waals surface area contributed by atoms with Gasteiger partial charge in [-0.1, -0.05) is 19.9 Å². The molecule has 1 amide bonds. The Bertz CT molecular complexity index is 211. The van der Waals surface area contributed by atoms with Gasteiger partial charge >= 0.3 is 0 Å². The van der Waals surface area contributed by atoms with E-state index in [1.54, 1.807) is 0 Å². The van der Waals surface area contributed by atoms with Crippen molar-refractivity contribution in [2.24, 2.45) is 11.1 Å². The van der Waals surface area contributed by atoms with Crippen molar-refractivity contribution in [2.45, 2.75) is 32.4 Å². The predicted molar refractivity (Wildman–Crippen MR) is 48.5 cm³/mol. The molecule has 0 aromatic carbocycles. The summed E-state index contributed by atoms with van der Waals surface area (Å²) in [6.45, 7) is 7.84. The van der Waals surface area contributed by atoms with E-state index in [1.165, 1.54) is 0 Å². The first-order valence-electron chi connectivity index (χ1n) is 4.16. The highest BCUT2D eigenvalue weighted by Crippen LogP contribution is 2.30. The van der Waals surface area contributed by atoms with Crippen LogP contribution in [0.4, 0.5) is 0 Å². The Morgan fingerprint density at radius 1 is 1.75 bits per heavy atom. The molecule has 0 bridgehead atoms. The number of amides is 1. The summed E-state index contributed by atoms with van der Waals surface area (Å²) in [7, 11) is 0. The SMILES string of the molecule is C=CCC(C)(C)C1NC(=O)C1N. The summed E-state index contributed by atoms with van der Waals surface area (Å²) in [6.07, 6.45) is 2.73. The van der Waals surface area contributed by atoms with Crippen molar-refractivity contribution in [2.75, 3.05) is 0 Å². The van der Waals surface area contributed by atoms with Gasteiger partial charge in [-0.3, -0.25) is 4.79 Å². The molecule has 2 atom stereocenters. The van der Waals surface area contributed by atoms with Crippen molar-refractivity contribution in [3.05, 3.63) is 12.7 Å². The number of β-lactam (4-membered cyclic amide) rings is 1. The highest BCUT2D eigenvalue weighted by atomic mass is 16.2. The van der Waals surface area contributed by atoms with E-state index in [9.17, 15) is 4.79 Å². The maximum absolute atomic E-state index is 10.8. The van der Waals surface area contributed by atoms with Crippen molar-refractivity contribution in [1.82, 2.24) is 5.32 Å². The summed E-state index contributed by atoms with van der Waals surface area (Å²) < 4.78 is 0. The molecule has 3 N–H and O–H groups in total. The third kappa shape index (κ3) is 1.37. The second kappa shape index (κ2) is 2.90. The molecule has 0 aromatic heterocycles. The van der Waals surface area contributed by atoms with Crippen molar-refractivity contribution >= 4 is 5.91 Å². The number of allylic oxidation sites excluding steroid dienone is 1. The van der Waals surface area contributed by atoms with E-state index in [4.69, 9.17) is 5.73 Å². The van der Waals surface area contributed by atoms with Crippen LogP contribution in [0.3, 0.4) is 0 Å². The van der Waals surface area contributed by atoms with E-state index in [0.29, 0.717) is 0 Å². The Morgan fingerprint density at radius 3 is 2.67 bits per heavy atom. The molecule has 1 rings (SSSR count). The van der Waals surface area contributed by atoms with E-state index in [0.717, 1.165) is 6.42 Å². The molecule has 1 aliphatic rings. The Balaban J connectivity index is 2.58. The molecule has 1 saturated heterocycles. The van der Waals surface area contributed by atoms with Crippen LogP contribution >= 0.6 is 0 Å². The van der Waals surface area contributed by atoms with Gasteiger partial charge in [-0.2, -0.15) is 0 Å². The molecular formula is C9H16N2O. The standard InChI is InChI=1S/C9H16N2O/c1-4-5-9(2,3)7-6(10)8(12)11-7/h4,6-7H,1,5,10H2,2-3H3,(H,11,12). The first-order valence-corrected chi connectivity index (χ1v) is 4.16. The van der Waals surface area contributed by atoms with Gasteiger partial charge < -0.3 is 11.1 Å². The zero-order chi connectivity index (χ0) is 9.35. The summed E-state index contributed by atoms with van der Waals surface area (Å²) in [5.74, 6) is -0.0443. The zero-order valence-electron chi connectivity index (χ0n) is 7.63. The van der Waals surface area contributed by atoms with Gasteiger partial charge in [-0.05, 0) is 11.8 Å². The first-order chi connectivity index (χ1) is 5.49. The molecule has 0 saturated carbocycles. The van der Waals surface area contributed by atoms with E-state index < -0.39 is 0 Å². The number of hydrogen-bond acceptors (Lipinski definition) is 2. The fourth-order valence-corrected chi connectivity index (χ4v) is 1.57. The van der Waals surface area contributed by atoms with Crippen molar-refractivity contribution < 1.29 is 4.79 Å². The third-order valence-corrected chi connectivity index (χ3v) is 2.47. The minimum Gasteiger partial charge on any atom is -0.349 e. The lowest BCUT2D eigenvalue weighted by molar-refractivity contribution is -0.133. The summed E-state index contributed by atoms with van der Waals surface area (Å²) >= 11 is 0. The third-order valence-electron chi connectivity index (χ3n) is 2.47. The molecule has 0 spiro atoms. The molecule has 1 aliphatic heterocycles. The average molecular weight is 168 g/mol. The number of carbonyl (C=O) groups excluding carboxylic acids is 1. The molecular weight excluding hydrogens is 152 g/mol. The number of nitrogens with two attached hydrogens (primary N) is 1. The van der Waals surface area contributed by atoms with E-state index in [1.807, 2.05) is 6.08 Å². The second-order valence-corrected chi connectivity index (χ2v) is 3.99. The Morgan fingerprint density at radius 2 is 2.33 bits per heavy atom. The normalized spacial score (nSPS) is 29.1. The monoisotopic (exact) mass is 168 g/mol. The lowest BCUT2D eigenvalue weighted by atomic mass is 9.74. The lowest BCUT2D eigenvalue weighted by Gasteiger charge is -2.44. The molecule has 1 heterocycles. The van der Waals surface area contributed by atoms with E-state index in [-0.39, 0.29) is 23.4 Å². The van der Waals surface area contributed by atoms with Crippen molar-refractivity contribution in [3.63, 3.8) is 0 Å². The number of carbonyl (C=O) groups is 1. The predicted octanol–water partition coefficient (Wildman–Crippen LogP) is 0.414. The second-order valence-electron chi connectivity index (χ2n) is 3.99. The zero-order valence-corrected chi connectivity index (χ0v) is 7.63. The van der Waals surface area contributed by atoms with Gasteiger partial charge in [0.25, 0.3) is 0 Å². The van der Waals surface area contributed by atoms with Crippen LogP contribution < -0.4 is 11.1 Å². The largest absolute Gasteiger partial charge is 0.349 e. The quantitative estimate of drug-likeness (QED) is 0.474. The Labute approximate surface area is 73.0 Å². The summed E-state index contributed by atoms with van der Waals surface area (Å²) in [5.41, 5.74) is 5.66. The fraction of sp³-hybridized carbons (Fsp3) is 0.667. The van der Waals surface area contributed by atoms with Crippen LogP contribution in [-0.2, 0) is 4.79 Å². The lowest BCUT2D eigenvalue weighted by Crippen LogP contribution is -2.71. The van der Waals surface area contributed by atoms with Gasteiger partial charge in [-0.15, -0.1) is 6.58 Å². The van der Waals surface area contributed by atoms with Crippen LogP contribution in [0, 0.1) is 5.41 Å². The Kier molecular flexibility index (Phi) is 2.24. The minimum absolute atomic E-state index is 0.0229. The highest BCUT2D eigenvalue weighted by molar-refractivity contribution is 5.89. The van der Waals surface area contributed by atoms with E-state index >= 15 is 0 Å². The molecule has 12 heavy (non-hydrogen) atoms. The average Bonchev–Trinajstić information content (AvgIpc) is 1.99. The molecule has 3 nitrogen and oxygen atoms in total. The maximum atomic E-state index is 10.8. The summed E-state index contributed by atoms with van der Waals surface area (Å²) in [6, 6.07) is -0.233. The molecule has 68 valence electrons. The molecule has 0 aromatic rings. The molecule has 0 radical (unpaired) electrons. The summed E-state index contributed by atoms with van der Waals surface area (Å²) in [5, 5.41) is 2.81. The molecule has 2 unspecified atom stereocenters. The van der Waals surface area contributed by atoms with Crippen LogP contribution in [0.25, 0.3) is 0 Å². The van der Waals surface area contributed by atoms with Crippen molar-refractivity contribution in [3.8, 4) is 0 Å². The number of rotatable bonds is 3. The smallest absolute Gasteiger partial charge is 0.239 e. The maximum Gasteiger partial charge on any atom is 0.239 e. The van der Waals surface area contributed by atoms with Crippen LogP contribution in [0.5, 0.6) is 0 Å². The first kappa shape index (κ1) is 9.26.